The van der Waals surface area contributed by atoms with Crippen molar-refractivity contribution in [2.75, 3.05) is 6.54 Å². The summed E-state index contributed by atoms with van der Waals surface area (Å²) in [5.74, 6) is -0.0984. The van der Waals surface area contributed by atoms with Gasteiger partial charge in [0.2, 0.25) is 0 Å². The standard InChI is InChI=1S/C17H20N2S/c1-12-9-17(14(3)20-12)13(2)19-11-16(10-18)15-7-5-4-6-8-15/h4-9,13,16,19H,11H2,1-3H3. The van der Waals surface area contributed by atoms with Crippen molar-refractivity contribution in [3.05, 3.63) is 57.3 Å². The molecule has 0 aliphatic rings. The summed E-state index contributed by atoms with van der Waals surface area (Å²) in [5, 5.41) is 12.8. The van der Waals surface area contributed by atoms with E-state index in [0.29, 0.717) is 6.54 Å². The molecule has 2 rings (SSSR count). The molecule has 0 bridgehead atoms. The highest BCUT2D eigenvalue weighted by atomic mass is 32.1. The van der Waals surface area contributed by atoms with E-state index >= 15 is 0 Å². The first kappa shape index (κ1) is 14.8. The van der Waals surface area contributed by atoms with Crippen LogP contribution in [0.5, 0.6) is 0 Å². The molecule has 3 heteroatoms. The lowest BCUT2D eigenvalue weighted by molar-refractivity contribution is 0.557. The predicted octanol–water partition coefficient (Wildman–Crippen LogP) is 4.32. The second kappa shape index (κ2) is 6.69. The highest BCUT2D eigenvalue weighted by Gasteiger charge is 2.14. The molecule has 2 unspecified atom stereocenters. The highest BCUT2D eigenvalue weighted by molar-refractivity contribution is 7.12. The molecule has 0 aliphatic carbocycles. The summed E-state index contributed by atoms with van der Waals surface area (Å²) in [5.41, 5.74) is 2.42. The van der Waals surface area contributed by atoms with Gasteiger partial charge in [0.15, 0.2) is 0 Å². The fraction of sp³-hybridized carbons (Fsp3) is 0.353. The molecule has 0 fully saturated rings. The van der Waals surface area contributed by atoms with Crippen LogP contribution in [0.25, 0.3) is 0 Å². The molecular formula is C17H20N2S. The van der Waals surface area contributed by atoms with Crippen LogP contribution in [0.15, 0.2) is 36.4 Å². The first-order chi connectivity index (χ1) is 9.61. The average Bonchev–Trinajstić information content (AvgIpc) is 2.79. The number of nitriles is 1. The number of aryl methyl sites for hydroxylation is 2. The lowest BCUT2D eigenvalue weighted by Crippen LogP contribution is -2.24. The van der Waals surface area contributed by atoms with E-state index in [2.05, 4.69) is 38.2 Å². The summed E-state index contributed by atoms with van der Waals surface area (Å²) in [6.45, 7) is 7.13. The van der Waals surface area contributed by atoms with Crippen molar-refractivity contribution in [1.82, 2.24) is 5.32 Å². The van der Waals surface area contributed by atoms with Crippen LogP contribution in [-0.4, -0.2) is 6.54 Å². The fourth-order valence-electron chi connectivity index (χ4n) is 2.41. The maximum absolute atomic E-state index is 9.33. The summed E-state index contributed by atoms with van der Waals surface area (Å²) in [7, 11) is 0. The smallest absolute Gasteiger partial charge is 0.0837 e. The van der Waals surface area contributed by atoms with E-state index in [9.17, 15) is 5.26 Å². The molecule has 104 valence electrons. The molecule has 0 saturated carbocycles. The maximum Gasteiger partial charge on any atom is 0.0837 e. The molecule has 2 nitrogen and oxygen atoms in total. The molecule has 0 saturated heterocycles. The van der Waals surface area contributed by atoms with E-state index in [-0.39, 0.29) is 12.0 Å². The Hall–Kier alpha value is -1.63. The van der Waals surface area contributed by atoms with Crippen molar-refractivity contribution in [2.45, 2.75) is 32.7 Å². The van der Waals surface area contributed by atoms with Crippen molar-refractivity contribution in [3.63, 3.8) is 0 Å². The molecule has 0 radical (unpaired) electrons. The van der Waals surface area contributed by atoms with Gasteiger partial charge in [0.05, 0.1) is 12.0 Å². The van der Waals surface area contributed by atoms with Gasteiger partial charge in [-0.15, -0.1) is 11.3 Å². The van der Waals surface area contributed by atoms with Gasteiger partial charge in [0, 0.05) is 22.3 Å². The summed E-state index contributed by atoms with van der Waals surface area (Å²) < 4.78 is 0. The molecule has 1 N–H and O–H groups in total. The normalized spacial score (nSPS) is 13.7. The van der Waals surface area contributed by atoms with Crippen LogP contribution >= 0.6 is 11.3 Å². The first-order valence-corrected chi connectivity index (χ1v) is 7.68. The van der Waals surface area contributed by atoms with E-state index in [4.69, 9.17) is 0 Å². The topological polar surface area (TPSA) is 35.8 Å². The minimum atomic E-state index is -0.0984. The number of nitrogens with zero attached hydrogens (tertiary/aromatic N) is 1. The number of benzene rings is 1. The van der Waals surface area contributed by atoms with Crippen molar-refractivity contribution in [2.24, 2.45) is 0 Å². The minimum absolute atomic E-state index is 0.0984. The van der Waals surface area contributed by atoms with Gasteiger partial charge in [-0.25, -0.2) is 0 Å². The largest absolute Gasteiger partial charge is 0.309 e. The summed E-state index contributed by atoms with van der Waals surface area (Å²) >= 11 is 1.83. The van der Waals surface area contributed by atoms with Gasteiger partial charge in [-0.05, 0) is 38.0 Å². The Morgan fingerprint density at radius 2 is 1.95 bits per heavy atom. The van der Waals surface area contributed by atoms with Crippen LogP contribution in [0.1, 0.15) is 39.8 Å². The molecule has 2 aromatic rings. The third-order valence-corrected chi connectivity index (χ3v) is 4.51. The number of rotatable bonds is 5. The zero-order valence-corrected chi connectivity index (χ0v) is 13.0. The third-order valence-electron chi connectivity index (χ3n) is 3.53. The van der Waals surface area contributed by atoms with Crippen molar-refractivity contribution < 1.29 is 0 Å². The van der Waals surface area contributed by atoms with Gasteiger partial charge >= 0.3 is 0 Å². The summed E-state index contributed by atoms with van der Waals surface area (Å²) in [4.78, 5) is 2.70. The second-order valence-corrected chi connectivity index (χ2v) is 6.55. The van der Waals surface area contributed by atoms with Gasteiger partial charge in [0.1, 0.15) is 0 Å². The quantitative estimate of drug-likeness (QED) is 0.887. The van der Waals surface area contributed by atoms with Crippen LogP contribution in [0.2, 0.25) is 0 Å². The van der Waals surface area contributed by atoms with Gasteiger partial charge < -0.3 is 5.32 Å². The lowest BCUT2D eigenvalue weighted by atomic mass is 10.00. The van der Waals surface area contributed by atoms with Gasteiger partial charge in [-0.1, -0.05) is 30.3 Å². The van der Waals surface area contributed by atoms with Gasteiger partial charge in [-0.2, -0.15) is 5.26 Å². The van der Waals surface area contributed by atoms with Crippen molar-refractivity contribution in [3.8, 4) is 6.07 Å². The Labute approximate surface area is 125 Å². The SMILES string of the molecule is Cc1cc(C(C)NCC(C#N)c2ccccc2)c(C)s1. The number of nitrogens with one attached hydrogen (secondary N) is 1. The summed E-state index contributed by atoms with van der Waals surface area (Å²) in [6, 6.07) is 14.9. The number of thiophene rings is 1. The second-order valence-electron chi connectivity index (χ2n) is 5.09. The molecule has 1 heterocycles. The number of hydrogen-bond donors (Lipinski definition) is 1. The molecule has 1 aromatic carbocycles. The molecule has 0 spiro atoms. The summed E-state index contributed by atoms with van der Waals surface area (Å²) in [6.07, 6.45) is 0. The third kappa shape index (κ3) is 3.47. The van der Waals surface area contributed by atoms with Crippen LogP contribution in [0.3, 0.4) is 0 Å². The monoisotopic (exact) mass is 284 g/mol. The Morgan fingerprint density at radius 1 is 1.25 bits per heavy atom. The molecule has 0 amide bonds. The van der Waals surface area contributed by atoms with Crippen molar-refractivity contribution in [1.29, 1.82) is 5.26 Å². The van der Waals surface area contributed by atoms with Crippen LogP contribution < -0.4 is 5.32 Å². The van der Waals surface area contributed by atoms with E-state index in [1.165, 1.54) is 15.3 Å². The number of hydrogen-bond acceptors (Lipinski definition) is 3. The van der Waals surface area contributed by atoms with Gasteiger partial charge in [-0.3, -0.25) is 0 Å². The molecular weight excluding hydrogens is 264 g/mol. The maximum atomic E-state index is 9.33. The molecule has 2 atom stereocenters. The minimum Gasteiger partial charge on any atom is -0.309 e. The Morgan fingerprint density at radius 3 is 2.50 bits per heavy atom. The fourth-order valence-corrected chi connectivity index (χ4v) is 3.43. The zero-order chi connectivity index (χ0) is 14.5. The Kier molecular flexibility index (Phi) is 4.94. The lowest BCUT2D eigenvalue weighted by Gasteiger charge is -2.17. The van der Waals surface area contributed by atoms with Crippen molar-refractivity contribution >= 4 is 11.3 Å². The Balaban J connectivity index is 2.01. The molecule has 20 heavy (non-hydrogen) atoms. The van der Waals surface area contributed by atoms with E-state index in [1.807, 2.05) is 41.7 Å². The van der Waals surface area contributed by atoms with Gasteiger partial charge in [0.25, 0.3) is 0 Å². The average molecular weight is 284 g/mol. The van der Waals surface area contributed by atoms with E-state index < -0.39 is 0 Å². The predicted molar refractivity (Wildman–Crippen MR) is 85.0 cm³/mol. The highest BCUT2D eigenvalue weighted by Crippen LogP contribution is 2.26. The Bertz CT molecular complexity index is 595. The van der Waals surface area contributed by atoms with Crippen LogP contribution in [-0.2, 0) is 0 Å². The molecule has 1 aromatic heterocycles. The first-order valence-electron chi connectivity index (χ1n) is 6.86. The van der Waals surface area contributed by atoms with Crippen LogP contribution in [0.4, 0.5) is 0 Å². The zero-order valence-electron chi connectivity index (χ0n) is 12.2. The van der Waals surface area contributed by atoms with Crippen LogP contribution in [0, 0.1) is 25.2 Å². The van der Waals surface area contributed by atoms with E-state index in [1.54, 1.807) is 0 Å². The molecule has 0 aliphatic heterocycles. The van der Waals surface area contributed by atoms with E-state index in [0.717, 1.165) is 5.56 Å².